The van der Waals surface area contributed by atoms with E-state index < -0.39 is 0 Å². The van der Waals surface area contributed by atoms with Crippen LogP contribution >= 0.6 is 0 Å². The predicted octanol–water partition coefficient (Wildman–Crippen LogP) is 0.310. The van der Waals surface area contributed by atoms with Gasteiger partial charge in [0, 0.05) is 18.9 Å². The predicted molar refractivity (Wildman–Crippen MR) is 47.5 cm³/mol. The molecule has 12 heavy (non-hydrogen) atoms. The van der Waals surface area contributed by atoms with Gasteiger partial charge in [-0.15, -0.1) is 0 Å². The van der Waals surface area contributed by atoms with Crippen LogP contribution in [0.15, 0.2) is 18.3 Å². The molecule has 0 aliphatic carbocycles. The van der Waals surface area contributed by atoms with Gasteiger partial charge in [0.15, 0.2) is 0 Å². The zero-order chi connectivity index (χ0) is 8.97. The van der Waals surface area contributed by atoms with E-state index in [1.54, 1.807) is 19.4 Å². The summed E-state index contributed by atoms with van der Waals surface area (Å²) in [5.74, 6) is 0.474. The summed E-state index contributed by atoms with van der Waals surface area (Å²) in [5, 5.41) is 0. The average molecular weight is 167 g/mol. The molecule has 0 aliphatic rings. The lowest BCUT2D eigenvalue weighted by Crippen LogP contribution is -2.18. The molecule has 4 heteroatoms. The molecule has 4 nitrogen and oxygen atoms in total. The van der Waals surface area contributed by atoms with Crippen molar-refractivity contribution in [3.8, 4) is 0 Å². The first kappa shape index (κ1) is 8.96. The first-order valence-corrected chi connectivity index (χ1v) is 3.70. The van der Waals surface area contributed by atoms with Crippen LogP contribution in [-0.4, -0.2) is 18.7 Å². The van der Waals surface area contributed by atoms with E-state index in [4.69, 9.17) is 16.2 Å². The number of hydrogen-bond donors (Lipinski definition) is 2. The number of nitrogen functional groups attached to an aromatic ring is 1. The Bertz CT molecular complexity index is 252. The molecule has 0 aromatic carbocycles. The molecule has 1 rings (SSSR count). The molecular formula is C8H13N3O. The first-order valence-electron chi connectivity index (χ1n) is 3.70. The summed E-state index contributed by atoms with van der Waals surface area (Å²) in [6.07, 6.45) is 1.64. The number of anilines is 1. The maximum Gasteiger partial charge on any atom is 0.128 e. The van der Waals surface area contributed by atoms with E-state index in [1.807, 2.05) is 6.07 Å². The van der Waals surface area contributed by atoms with Gasteiger partial charge in [0.25, 0.3) is 0 Å². The number of hydrogen-bond acceptors (Lipinski definition) is 4. The van der Waals surface area contributed by atoms with Gasteiger partial charge >= 0.3 is 0 Å². The molecule has 0 saturated heterocycles. The van der Waals surface area contributed by atoms with E-state index in [0.29, 0.717) is 12.4 Å². The van der Waals surface area contributed by atoms with Crippen molar-refractivity contribution in [2.24, 2.45) is 5.73 Å². The molecule has 0 amide bonds. The second kappa shape index (κ2) is 4.04. The lowest BCUT2D eigenvalue weighted by Gasteiger charge is -2.11. The molecule has 66 valence electrons. The normalized spacial score (nSPS) is 12.8. The summed E-state index contributed by atoms with van der Waals surface area (Å²) in [5.41, 5.74) is 12.2. The van der Waals surface area contributed by atoms with Gasteiger partial charge in [-0.3, -0.25) is 0 Å². The van der Waals surface area contributed by atoms with Crippen LogP contribution in [0.4, 0.5) is 5.82 Å². The van der Waals surface area contributed by atoms with E-state index in [0.717, 1.165) is 5.56 Å². The Morgan fingerprint density at radius 2 is 2.42 bits per heavy atom. The Morgan fingerprint density at radius 1 is 1.67 bits per heavy atom. The molecule has 0 saturated carbocycles. The topological polar surface area (TPSA) is 74.2 Å². The largest absolute Gasteiger partial charge is 0.383 e. The molecule has 4 N–H and O–H groups in total. The molecule has 0 unspecified atom stereocenters. The van der Waals surface area contributed by atoms with Crippen LogP contribution < -0.4 is 11.5 Å². The number of aromatic nitrogens is 1. The molecule has 0 fully saturated rings. The van der Waals surface area contributed by atoms with Crippen molar-refractivity contribution in [3.05, 3.63) is 23.9 Å². The monoisotopic (exact) mass is 167 g/mol. The fraction of sp³-hybridized carbons (Fsp3) is 0.375. The van der Waals surface area contributed by atoms with E-state index >= 15 is 0 Å². The molecule has 1 aromatic heterocycles. The Morgan fingerprint density at radius 3 is 3.00 bits per heavy atom. The zero-order valence-electron chi connectivity index (χ0n) is 7.03. The molecular weight excluding hydrogens is 154 g/mol. The number of rotatable bonds is 3. The second-order valence-electron chi connectivity index (χ2n) is 2.54. The minimum atomic E-state index is -0.191. The highest BCUT2D eigenvalue weighted by atomic mass is 16.5. The van der Waals surface area contributed by atoms with Crippen LogP contribution in [0.2, 0.25) is 0 Å². The van der Waals surface area contributed by atoms with Gasteiger partial charge in [0.05, 0.1) is 12.6 Å². The summed E-state index contributed by atoms with van der Waals surface area (Å²) in [7, 11) is 1.60. The highest BCUT2D eigenvalue weighted by Gasteiger charge is 2.08. The number of methoxy groups -OCH3 is 1. The van der Waals surface area contributed by atoms with E-state index in [9.17, 15) is 0 Å². The van der Waals surface area contributed by atoms with Crippen LogP contribution in [0.3, 0.4) is 0 Å². The molecule has 1 heterocycles. The lowest BCUT2D eigenvalue weighted by molar-refractivity contribution is 0.181. The molecule has 0 spiro atoms. The smallest absolute Gasteiger partial charge is 0.128 e. The maximum absolute atomic E-state index is 5.76. The Hall–Kier alpha value is -1.13. The van der Waals surface area contributed by atoms with Crippen molar-refractivity contribution in [2.45, 2.75) is 6.04 Å². The van der Waals surface area contributed by atoms with Crippen LogP contribution in [0, 0.1) is 0 Å². The van der Waals surface area contributed by atoms with Crippen molar-refractivity contribution in [2.75, 3.05) is 19.5 Å². The average Bonchev–Trinajstić information content (AvgIpc) is 2.05. The zero-order valence-corrected chi connectivity index (χ0v) is 7.03. The SMILES string of the molecule is COC[C@@H](N)c1cccnc1N. The summed E-state index contributed by atoms with van der Waals surface area (Å²) < 4.78 is 4.90. The van der Waals surface area contributed by atoms with Crippen LogP contribution in [-0.2, 0) is 4.74 Å². The van der Waals surface area contributed by atoms with Gasteiger partial charge < -0.3 is 16.2 Å². The Labute approximate surface area is 71.5 Å². The van der Waals surface area contributed by atoms with Gasteiger partial charge in [0.2, 0.25) is 0 Å². The number of nitrogens with two attached hydrogens (primary N) is 2. The quantitative estimate of drug-likeness (QED) is 0.679. The standard InChI is InChI=1S/C8H13N3O/c1-12-5-7(9)6-3-2-4-11-8(6)10/h2-4,7H,5,9H2,1H3,(H2,10,11)/t7-/m1/s1. The molecule has 1 atom stereocenters. The van der Waals surface area contributed by atoms with Crippen molar-refractivity contribution in [1.82, 2.24) is 4.98 Å². The van der Waals surface area contributed by atoms with Gasteiger partial charge in [-0.25, -0.2) is 4.98 Å². The maximum atomic E-state index is 5.76. The molecule has 0 radical (unpaired) electrons. The minimum absolute atomic E-state index is 0.191. The van der Waals surface area contributed by atoms with Crippen LogP contribution in [0.25, 0.3) is 0 Å². The van der Waals surface area contributed by atoms with Crippen LogP contribution in [0.1, 0.15) is 11.6 Å². The highest BCUT2D eigenvalue weighted by Crippen LogP contribution is 2.14. The summed E-state index contributed by atoms with van der Waals surface area (Å²) in [6, 6.07) is 3.47. The van der Waals surface area contributed by atoms with E-state index in [1.165, 1.54) is 0 Å². The number of ether oxygens (including phenoxy) is 1. The number of pyridine rings is 1. The van der Waals surface area contributed by atoms with E-state index in [2.05, 4.69) is 4.98 Å². The van der Waals surface area contributed by atoms with Gasteiger partial charge in [-0.05, 0) is 6.07 Å². The fourth-order valence-electron chi connectivity index (χ4n) is 1.01. The van der Waals surface area contributed by atoms with Crippen LogP contribution in [0.5, 0.6) is 0 Å². The molecule has 0 aliphatic heterocycles. The lowest BCUT2D eigenvalue weighted by atomic mass is 10.1. The van der Waals surface area contributed by atoms with Gasteiger partial charge in [-0.1, -0.05) is 6.07 Å². The van der Waals surface area contributed by atoms with Crippen molar-refractivity contribution >= 4 is 5.82 Å². The van der Waals surface area contributed by atoms with E-state index in [-0.39, 0.29) is 6.04 Å². The molecule has 1 aromatic rings. The summed E-state index contributed by atoms with van der Waals surface area (Å²) in [6.45, 7) is 0.454. The summed E-state index contributed by atoms with van der Waals surface area (Å²) in [4.78, 5) is 3.92. The fourth-order valence-corrected chi connectivity index (χ4v) is 1.01. The third-order valence-electron chi connectivity index (χ3n) is 1.62. The highest BCUT2D eigenvalue weighted by molar-refractivity contribution is 5.40. The Kier molecular flexibility index (Phi) is 3.01. The number of nitrogens with zero attached hydrogens (tertiary/aromatic N) is 1. The van der Waals surface area contributed by atoms with Crippen molar-refractivity contribution < 1.29 is 4.74 Å². The van der Waals surface area contributed by atoms with Crippen molar-refractivity contribution in [1.29, 1.82) is 0 Å². The first-order chi connectivity index (χ1) is 5.75. The van der Waals surface area contributed by atoms with Gasteiger partial charge in [-0.2, -0.15) is 0 Å². The molecule has 0 bridgehead atoms. The second-order valence-corrected chi connectivity index (χ2v) is 2.54. The van der Waals surface area contributed by atoms with Gasteiger partial charge in [0.1, 0.15) is 5.82 Å². The minimum Gasteiger partial charge on any atom is -0.383 e. The Balaban J connectivity index is 2.79. The third kappa shape index (κ3) is 1.93. The summed E-state index contributed by atoms with van der Waals surface area (Å²) >= 11 is 0. The van der Waals surface area contributed by atoms with Crippen molar-refractivity contribution in [3.63, 3.8) is 0 Å². The third-order valence-corrected chi connectivity index (χ3v) is 1.62.